The maximum Gasteiger partial charge on any atom is 0.351 e. The van der Waals surface area contributed by atoms with Gasteiger partial charge in [-0.2, -0.15) is 4.98 Å². The van der Waals surface area contributed by atoms with Crippen molar-refractivity contribution in [1.29, 1.82) is 0 Å². The van der Waals surface area contributed by atoms with E-state index in [1.807, 2.05) is 13.8 Å². The fourth-order valence-electron chi connectivity index (χ4n) is 2.23. The fraction of sp³-hybridized carbons (Fsp3) is 0.733. The quantitative estimate of drug-likeness (QED) is 0.464. The van der Waals surface area contributed by atoms with Crippen molar-refractivity contribution < 1.29 is 23.8 Å². The Bertz CT molecular complexity index is 669. The Hall–Kier alpha value is -0.870. The van der Waals surface area contributed by atoms with Gasteiger partial charge in [-0.05, 0) is 44.1 Å². The summed E-state index contributed by atoms with van der Waals surface area (Å²) in [6, 6.07) is 1.44. The van der Waals surface area contributed by atoms with Crippen LogP contribution in [0.2, 0.25) is 0 Å². The molecule has 1 aromatic rings. The number of aromatic nitrogens is 2. The van der Waals surface area contributed by atoms with Gasteiger partial charge in [0.2, 0.25) is 0 Å². The Balaban J connectivity index is 2.87. The van der Waals surface area contributed by atoms with E-state index in [1.54, 1.807) is 13.8 Å². The monoisotopic (exact) mass is 409 g/mol. The summed E-state index contributed by atoms with van der Waals surface area (Å²) in [5, 5.41) is 9.63. The summed E-state index contributed by atoms with van der Waals surface area (Å²) in [7, 11) is 0. The van der Waals surface area contributed by atoms with E-state index in [1.165, 1.54) is 12.3 Å². The van der Waals surface area contributed by atoms with Gasteiger partial charge in [0.15, 0.2) is 6.23 Å². The molecule has 9 nitrogen and oxygen atoms in total. The van der Waals surface area contributed by atoms with Crippen molar-refractivity contribution in [2.24, 2.45) is 5.92 Å². The first-order valence-electron chi connectivity index (χ1n) is 8.30. The predicted molar refractivity (Wildman–Crippen MR) is 102 cm³/mol. The number of anilines is 1. The standard InChI is InChI=1S/C15H28N3O6PS/c1-10(2)7-12(9-22-25(21,26)24-11(3)4)23-14(8-19)18-6-5-13(16)17-15(18)20/h5-6,10-12,14,19H,7-9H2,1-4H3,(H,21,26)(H2,16,17,20)/t12-,14-,25?/m1/s1. The zero-order valence-corrected chi connectivity index (χ0v) is 17.2. The van der Waals surface area contributed by atoms with Gasteiger partial charge in [-0.15, -0.1) is 0 Å². The van der Waals surface area contributed by atoms with Gasteiger partial charge in [0, 0.05) is 6.20 Å². The summed E-state index contributed by atoms with van der Waals surface area (Å²) in [6.45, 7) is 3.58. The van der Waals surface area contributed by atoms with Crippen LogP contribution in [0, 0.1) is 5.92 Å². The third-order valence-electron chi connectivity index (χ3n) is 3.17. The van der Waals surface area contributed by atoms with Crippen molar-refractivity contribution in [3.8, 4) is 0 Å². The van der Waals surface area contributed by atoms with E-state index in [4.69, 9.17) is 31.3 Å². The molecule has 0 aliphatic carbocycles. The first-order chi connectivity index (χ1) is 12.0. The van der Waals surface area contributed by atoms with Gasteiger partial charge in [-0.1, -0.05) is 13.8 Å². The van der Waals surface area contributed by atoms with E-state index in [-0.39, 0.29) is 24.4 Å². The number of rotatable bonds is 11. The van der Waals surface area contributed by atoms with Crippen LogP contribution in [0.3, 0.4) is 0 Å². The molecule has 4 N–H and O–H groups in total. The number of nitrogen functional groups attached to an aromatic ring is 1. The van der Waals surface area contributed by atoms with Crippen LogP contribution in [-0.2, 0) is 25.6 Å². The predicted octanol–water partition coefficient (Wildman–Crippen LogP) is 1.41. The Kier molecular flexibility index (Phi) is 9.32. The van der Waals surface area contributed by atoms with E-state index in [0.29, 0.717) is 6.42 Å². The van der Waals surface area contributed by atoms with Crippen LogP contribution in [0.5, 0.6) is 0 Å². The summed E-state index contributed by atoms with van der Waals surface area (Å²) < 4.78 is 17.6. The minimum absolute atomic E-state index is 0.0354. The van der Waals surface area contributed by atoms with E-state index in [9.17, 15) is 14.8 Å². The molecule has 0 saturated carbocycles. The third kappa shape index (κ3) is 8.22. The van der Waals surface area contributed by atoms with E-state index >= 15 is 0 Å². The summed E-state index contributed by atoms with van der Waals surface area (Å²) in [6.07, 6.45) is 0.189. The summed E-state index contributed by atoms with van der Waals surface area (Å²) >= 11 is 4.96. The molecule has 1 aromatic heterocycles. The highest BCUT2D eigenvalue weighted by atomic mass is 32.5. The van der Waals surface area contributed by atoms with E-state index < -0.39 is 31.3 Å². The van der Waals surface area contributed by atoms with Crippen molar-refractivity contribution in [2.45, 2.75) is 52.6 Å². The molecule has 3 atom stereocenters. The summed E-state index contributed by atoms with van der Waals surface area (Å²) in [5.41, 5.74) is 4.84. The van der Waals surface area contributed by atoms with Crippen molar-refractivity contribution in [3.05, 3.63) is 22.7 Å². The number of aliphatic hydroxyl groups is 1. The second kappa shape index (κ2) is 10.5. The Morgan fingerprint density at radius 3 is 2.54 bits per heavy atom. The molecule has 0 aromatic carbocycles. The highest BCUT2D eigenvalue weighted by Crippen LogP contribution is 2.45. The minimum Gasteiger partial charge on any atom is -0.392 e. The molecule has 1 rings (SSSR count). The Morgan fingerprint density at radius 2 is 2.04 bits per heavy atom. The van der Waals surface area contributed by atoms with Gasteiger partial charge in [0.05, 0.1) is 25.4 Å². The van der Waals surface area contributed by atoms with Crippen LogP contribution in [-0.4, -0.2) is 45.0 Å². The van der Waals surface area contributed by atoms with Crippen LogP contribution in [0.4, 0.5) is 5.82 Å². The highest BCUT2D eigenvalue weighted by molar-refractivity contribution is 8.07. The second-order valence-corrected chi connectivity index (χ2v) is 9.28. The SMILES string of the molecule is CC(C)C[C@H](COP(O)(=S)OC(C)C)O[C@H](CO)n1ccc(N)nc1=O. The van der Waals surface area contributed by atoms with Gasteiger partial charge >= 0.3 is 12.4 Å². The lowest BCUT2D eigenvalue weighted by molar-refractivity contribution is -0.102. The lowest BCUT2D eigenvalue weighted by Gasteiger charge is -2.27. The molecule has 11 heteroatoms. The van der Waals surface area contributed by atoms with Crippen molar-refractivity contribution in [1.82, 2.24) is 9.55 Å². The van der Waals surface area contributed by atoms with Gasteiger partial charge < -0.3 is 29.5 Å². The number of nitrogens with zero attached hydrogens (tertiary/aromatic N) is 2. The third-order valence-corrected chi connectivity index (χ3v) is 4.91. The van der Waals surface area contributed by atoms with Crippen LogP contribution < -0.4 is 11.4 Å². The molecule has 0 radical (unpaired) electrons. The second-order valence-electron chi connectivity index (χ2n) is 6.49. The normalized spacial score (nSPS) is 16.6. The maximum atomic E-state index is 12.0. The van der Waals surface area contributed by atoms with Crippen LogP contribution in [0.25, 0.3) is 0 Å². The van der Waals surface area contributed by atoms with Crippen LogP contribution in [0.15, 0.2) is 17.1 Å². The van der Waals surface area contributed by atoms with Gasteiger partial charge in [0.1, 0.15) is 5.82 Å². The first kappa shape index (κ1) is 23.2. The molecule has 26 heavy (non-hydrogen) atoms. The largest absolute Gasteiger partial charge is 0.392 e. The molecule has 0 fully saturated rings. The molecule has 150 valence electrons. The molecular weight excluding hydrogens is 381 g/mol. The van der Waals surface area contributed by atoms with Crippen LogP contribution in [0.1, 0.15) is 40.3 Å². The summed E-state index contributed by atoms with van der Waals surface area (Å²) in [5.74, 6) is 0.323. The zero-order valence-electron chi connectivity index (χ0n) is 15.4. The van der Waals surface area contributed by atoms with E-state index in [0.717, 1.165) is 4.57 Å². The minimum atomic E-state index is -3.39. The summed E-state index contributed by atoms with van der Waals surface area (Å²) in [4.78, 5) is 25.6. The molecule has 0 spiro atoms. The molecular formula is C15H28N3O6PS. The van der Waals surface area contributed by atoms with E-state index in [2.05, 4.69) is 4.98 Å². The fourth-order valence-corrected chi connectivity index (χ4v) is 3.87. The molecule has 1 unspecified atom stereocenters. The zero-order chi connectivity index (χ0) is 19.9. The average molecular weight is 409 g/mol. The number of ether oxygens (including phenoxy) is 1. The molecule has 0 aliphatic rings. The molecule has 0 aliphatic heterocycles. The number of hydrogen-bond acceptors (Lipinski definition) is 8. The molecule has 0 bridgehead atoms. The average Bonchev–Trinajstić information content (AvgIpc) is 2.49. The van der Waals surface area contributed by atoms with Gasteiger partial charge in [0.25, 0.3) is 0 Å². The Morgan fingerprint density at radius 1 is 1.38 bits per heavy atom. The van der Waals surface area contributed by atoms with Gasteiger partial charge in [-0.3, -0.25) is 4.57 Å². The number of aliphatic hydroxyl groups excluding tert-OH is 1. The lowest BCUT2D eigenvalue weighted by Crippen LogP contribution is -2.34. The van der Waals surface area contributed by atoms with Crippen molar-refractivity contribution >= 4 is 24.3 Å². The number of hydrogen-bond donors (Lipinski definition) is 3. The topological polar surface area (TPSA) is 129 Å². The van der Waals surface area contributed by atoms with Crippen molar-refractivity contribution in [3.63, 3.8) is 0 Å². The highest BCUT2D eigenvalue weighted by Gasteiger charge is 2.24. The molecule has 1 heterocycles. The lowest BCUT2D eigenvalue weighted by atomic mass is 10.1. The smallest absolute Gasteiger partial charge is 0.351 e. The Labute approximate surface area is 158 Å². The molecule has 0 amide bonds. The van der Waals surface area contributed by atoms with Crippen LogP contribution >= 0.6 is 6.72 Å². The maximum absolute atomic E-state index is 12.0. The first-order valence-corrected chi connectivity index (χ1v) is 10.9. The number of nitrogens with two attached hydrogens (primary N) is 1. The molecule has 0 saturated heterocycles. The van der Waals surface area contributed by atoms with Crippen molar-refractivity contribution in [2.75, 3.05) is 18.9 Å². The van der Waals surface area contributed by atoms with Gasteiger partial charge in [-0.25, -0.2) is 4.79 Å².